The highest BCUT2D eigenvalue weighted by Gasteiger charge is 2.29. The van der Waals surface area contributed by atoms with Crippen molar-refractivity contribution in [1.82, 2.24) is 14.4 Å². The highest BCUT2D eigenvalue weighted by molar-refractivity contribution is 5.72. The van der Waals surface area contributed by atoms with Crippen LogP contribution < -0.4 is 5.76 Å². The topological polar surface area (TPSA) is 67.9 Å². The third kappa shape index (κ3) is 5.41. The van der Waals surface area contributed by atoms with Gasteiger partial charge in [0.2, 0.25) is 0 Å². The number of nitrogens with zero attached hydrogens (tertiary/aromatic N) is 3. The van der Waals surface area contributed by atoms with E-state index in [1.165, 1.54) is 0 Å². The lowest BCUT2D eigenvalue weighted by Crippen LogP contribution is -2.47. The summed E-state index contributed by atoms with van der Waals surface area (Å²) in [6.45, 7) is 12.6. The molecule has 0 radical (unpaired) electrons. The molecule has 0 saturated carbocycles. The van der Waals surface area contributed by atoms with Crippen LogP contribution in [0.15, 0.2) is 33.5 Å². The number of para-hydroxylation sites is 2. The molecule has 1 amide bonds. The number of benzene rings is 1. The minimum Gasteiger partial charge on any atom is -0.444 e. The van der Waals surface area contributed by atoms with Crippen molar-refractivity contribution in [2.75, 3.05) is 19.6 Å². The maximum atomic E-state index is 12.6. The number of piperidine rings is 1. The Morgan fingerprint density at radius 1 is 1.31 bits per heavy atom. The van der Waals surface area contributed by atoms with Crippen LogP contribution in [0.3, 0.4) is 0 Å². The van der Waals surface area contributed by atoms with Gasteiger partial charge in [-0.2, -0.15) is 0 Å². The second kappa shape index (κ2) is 8.61. The normalized spacial score (nSPS) is 18.3. The molecule has 1 saturated heterocycles. The fourth-order valence-corrected chi connectivity index (χ4v) is 3.87. The molecule has 7 heteroatoms. The van der Waals surface area contributed by atoms with Crippen molar-refractivity contribution in [2.45, 2.75) is 65.8 Å². The van der Waals surface area contributed by atoms with Gasteiger partial charge in [0.25, 0.3) is 0 Å². The van der Waals surface area contributed by atoms with E-state index in [1.807, 2.05) is 63.8 Å². The van der Waals surface area contributed by atoms with E-state index in [9.17, 15) is 9.59 Å². The van der Waals surface area contributed by atoms with Crippen LogP contribution in [-0.2, 0) is 11.4 Å². The summed E-state index contributed by atoms with van der Waals surface area (Å²) >= 11 is 0. The minimum absolute atomic E-state index is 0.0701. The van der Waals surface area contributed by atoms with Gasteiger partial charge in [0.1, 0.15) is 5.60 Å². The fourth-order valence-electron chi connectivity index (χ4n) is 3.87. The Morgan fingerprint density at radius 3 is 2.72 bits per heavy atom. The zero-order valence-electron chi connectivity index (χ0n) is 18.2. The van der Waals surface area contributed by atoms with Crippen molar-refractivity contribution < 1.29 is 13.9 Å². The van der Waals surface area contributed by atoms with Gasteiger partial charge in [-0.3, -0.25) is 9.47 Å². The van der Waals surface area contributed by atoms with Gasteiger partial charge in [0.05, 0.1) is 12.2 Å². The van der Waals surface area contributed by atoms with Crippen molar-refractivity contribution in [1.29, 1.82) is 0 Å². The van der Waals surface area contributed by atoms with E-state index in [0.29, 0.717) is 24.7 Å². The minimum atomic E-state index is -0.508. The Kier molecular flexibility index (Phi) is 6.36. The van der Waals surface area contributed by atoms with E-state index in [0.717, 1.165) is 31.4 Å². The molecule has 3 rings (SSSR count). The molecule has 0 aliphatic carbocycles. The van der Waals surface area contributed by atoms with Crippen LogP contribution in [0.1, 0.15) is 47.5 Å². The van der Waals surface area contributed by atoms with Crippen LogP contribution in [0.25, 0.3) is 11.1 Å². The highest BCUT2D eigenvalue weighted by Crippen LogP contribution is 2.22. The molecular weight excluding hydrogens is 370 g/mol. The molecule has 1 aliphatic rings. The molecule has 0 N–H and O–H groups in total. The van der Waals surface area contributed by atoms with Gasteiger partial charge in [-0.05, 0) is 72.1 Å². The number of hydrogen-bond donors (Lipinski definition) is 0. The van der Waals surface area contributed by atoms with E-state index in [1.54, 1.807) is 4.57 Å². The molecular formula is C22H33N3O4. The lowest BCUT2D eigenvalue weighted by atomic mass is 9.97. The first-order valence-corrected chi connectivity index (χ1v) is 10.4. The molecule has 1 atom stereocenters. The molecule has 7 nitrogen and oxygen atoms in total. The number of amides is 1. The van der Waals surface area contributed by atoms with Crippen LogP contribution in [-0.4, -0.2) is 51.7 Å². The van der Waals surface area contributed by atoms with E-state index in [2.05, 4.69) is 4.90 Å². The molecule has 29 heavy (non-hydrogen) atoms. The number of carbonyl (C=O) groups is 1. The van der Waals surface area contributed by atoms with Gasteiger partial charge >= 0.3 is 11.8 Å². The summed E-state index contributed by atoms with van der Waals surface area (Å²) in [7, 11) is 0. The Labute approximate surface area is 172 Å². The van der Waals surface area contributed by atoms with Crippen LogP contribution in [0, 0.1) is 5.92 Å². The van der Waals surface area contributed by atoms with Crippen molar-refractivity contribution >= 4 is 17.2 Å². The fraction of sp³-hybridized carbons (Fsp3) is 0.636. The van der Waals surface area contributed by atoms with Gasteiger partial charge in [-0.1, -0.05) is 12.1 Å². The summed E-state index contributed by atoms with van der Waals surface area (Å²) in [5.74, 6) is 0.0124. The summed E-state index contributed by atoms with van der Waals surface area (Å²) in [6, 6.07) is 7.57. The zero-order valence-corrected chi connectivity index (χ0v) is 18.2. The summed E-state index contributed by atoms with van der Waals surface area (Å²) in [4.78, 5) is 29.0. The Hall–Kier alpha value is -2.28. The molecule has 0 bridgehead atoms. The zero-order chi connectivity index (χ0) is 21.2. The molecule has 0 spiro atoms. The monoisotopic (exact) mass is 403 g/mol. The number of hydrogen-bond acceptors (Lipinski definition) is 5. The first-order valence-electron chi connectivity index (χ1n) is 10.4. The van der Waals surface area contributed by atoms with Crippen LogP contribution in [0.4, 0.5) is 4.79 Å². The average Bonchev–Trinajstić information content (AvgIpc) is 2.94. The largest absolute Gasteiger partial charge is 0.444 e. The Morgan fingerprint density at radius 2 is 2.03 bits per heavy atom. The molecule has 160 valence electrons. The standard InChI is InChI=1S/C22H33N3O4/c1-16(2)24(21(27)29-22(3,4)5)14-17-9-8-12-23(13-17)15-25-18-10-6-7-11-19(18)28-20(25)26/h6-7,10-11,16-17H,8-9,12-15H2,1-5H3/t17-/m1/s1. The lowest BCUT2D eigenvalue weighted by Gasteiger charge is -2.37. The van der Waals surface area contributed by atoms with E-state index in [4.69, 9.17) is 9.15 Å². The van der Waals surface area contributed by atoms with Gasteiger partial charge in [-0.25, -0.2) is 9.59 Å². The van der Waals surface area contributed by atoms with Gasteiger partial charge in [0.15, 0.2) is 5.58 Å². The number of oxazole rings is 1. The van der Waals surface area contributed by atoms with Crippen molar-refractivity contribution in [2.24, 2.45) is 5.92 Å². The molecule has 0 unspecified atom stereocenters. The van der Waals surface area contributed by atoms with Gasteiger partial charge < -0.3 is 14.1 Å². The summed E-state index contributed by atoms with van der Waals surface area (Å²) < 4.78 is 12.6. The highest BCUT2D eigenvalue weighted by atomic mass is 16.6. The maximum Gasteiger partial charge on any atom is 0.421 e. The van der Waals surface area contributed by atoms with Crippen LogP contribution >= 0.6 is 0 Å². The van der Waals surface area contributed by atoms with Crippen LogP contribution in [0.5, 0.6) is 0 Å². The third-order valence-electron chi connectivity index (χ3n) is 5.22. The smallest absolute Gasteiger partial charge is 0.421 e. The molecule has 1 aromatic carbocycles. The van der Waals surface area contributed by atoms with Gasteiger partial charge in [-0.15, -0.1) is 0 Å². The maximum absolute atomic E-state index is 12.6. The number of ether oxygens (including phenoxy) is 1. The molecule has 1 aromatic heterocycles. The molecule has 1 fully saturated rings. The first kappa shape index (κ1) is 21.4. The molecule has 2 heterocycles. The van der Waals surface area contributed by atoms with E-state index >= 15 is 0 Å². The van der Waals surface area contributed by atoms with Crippen molar-refractivity contribution in [3.05, 3.63) is 34.8 Å². The number of rotatable bonds is 5. The van der Waals surface area contributed by atoms with E-state index in [-0.39, 0.29) is 17.9 Å². The number of likely N-dealkylation sites (tertiary alicyclic amines) is 1. The Bertz CT molecular complexity index is 893. The SMILES string of the molecule is CC(C)N(C[C@@H]1CCCN(Cn2c(=O)oc3ccccc32)C1)C(=O)OC(C)(C)C. The summed E-state index contributed by atoms with van der Waals surface area (Å²) in [5, 5.41) is 0. The number of carbonyl (C=O) groups excluding carboxylic acids is 1. The quantitative estimate of drug-likeness (QED) is 0.757. The average molecular weight is 404 g/mol. The number of aromatic nitrogens is 1. The van der Waals surface area contributed by atoms with Crippen molar-refractivity contribution in [3.8, 4) is 0 Å². The molecule has 2 aromatic rings. The second-order valence-corrected chi connectivity index (χ2v) is 9.22. The van der Waals surface area contributed by atoms with E-state index < -0.39 is 5.60 Å². The van der Waals surface area contributed by atoms with Crippen molar-refractivity contribution in [3.63, 3.8) is 0 Å². The first-order chi connectivity index (χ1) is 13.6. The summed E-state index contributed by atoms with van der Waals surface area (Å²) in [6.07, 6.45) is 1.83. The number of fused-ring (bicyclic) bond motifs is 1. The summed E-state index contributed by atoms with van der Waals surface area (Å²) in [5.41, 5.74) is 0.922. The Balaban J connectivity index is 1.67. The molecule has 1 aliphatic heterocycles. The van der Waals surface area contributed by atoms with Gasteiger partial charge in [0, 0.05) is 19.1 Å². The third-order valence-corrected chi connectivity index (χ3v) is 5.22. The predicted molar refractivity (Wildman–Crippen MR) is 113 cm³/mol. The predicted octanol–water partition coefficient (Wildman–Crippen LogP) is 3.91. The lowest BCUT2D eigenvalue weighted by molar-refractivity contribution is 0.0110. The second-order valence-electron chi connectivity index (χ2n) is 9.22. The van der Waals surface area contributed by atoms with Crippen LogP contribution in [0.2, 0.25) is 0 Å².